The number of hydrogen-bond acceptors (Lipinski definition) is 5. The molecule has 106 valence electrons. The molecule has 1 aliphatic rings. The lowest BCUT2D eigenvalue weighted by molar-refractivity contribution is -0.137. The van der Waals surface area contributed by atoms with E-state index in [-0.39, 0.29) is 17.7 Å². The van der Waals surface area contributed by atoms with Crippen molar-refractivity contribution in [2.24, 2.45) is 0 Å². The number of hydrogen-bond donors (Lipinski definition) is 1. The Morgan fingerprint density at radius 2 is 2.26 bits per heavy atom. The number of halogens is 1. The summed E-state index contributed by atoms with van der Waals surface area (Å²) in [6, 6.07) is 3.06. The molecule has 19 heavy (non-hydrogen) atoms. The van der Waals surface area contributed by atoms with Gasteiger partial charge in [0.1, 0.15) is 0 Å². The van der Waals surface area contributed by atoms with Crippen LogP contribution in [-0.2, 0) is 19.5 Å². The molecule has 1 aromatic rings. The minimum Gasteiger partial charge on any atom is -0.348 e. The molecule has 0 amide bonds. The Kier molecular flexibility index (Phi) is 4.26. The molecular formula is C11H15BrN2O4S. The van der Waals surface area contributed by atoms with Crippen LogP contribution in [0.2, 0.25) is 0 Å². The van der Waals surface area contributed by atoms with Gasteiger partial charge in [-0.15, -0.1) is 0 Å². The highest BCUT2D eigenvalue weighted by Gasteiger charge is 2.33. The van der Waals surface area contributed by atoms with Crippen LogP contribution < -0.4 is 4.72 Å². The van der Waals surface area contributed by atoms with Crippen molar-refractivity contribution in [3.63, 3.8) is 0 Å². The topological polar surface area (TPSA) is 77.5 Å². The minimum atomic E-state index is -3.62. The Morgan fingerprint density at radius 3 is 2.79 bits per heavy atom. The van der Waals surface area contributed by atoms with Crippen LogP contribution in [0.1, 0.15) is 13.8 Å². The molecule has 0 spiro atoms. The Labute approximate surface area is 120 Å². The lowest BCUT2D eigenvalue weighted by Crippen LogP contribution is -2.34. The summed E-state index contributed by atoms with van der Waals surface area (Å²) in [5, 5.41) is -0.0196. The Balaban J connectivity index is 1.97. The zero-order chi connectivity index (χ0) is 14.1. The van der Waals surface area contributed by atoms with Gasteiger partial charge in [-0.2, -0.15) is 0 Å². The molecule has 2 rings (SSSR count). The summed E-state index contributed by atoms with van der Waals surface area (Å²) < 4.78 is 38.0. The summed E-state index contributed by atoms with van der Waals surface area (Å²) in [6.07, 6.45) is 1.15. The fourth-order valence-electron chi connectivity index (χ4n) is 1.66. The molecule has 2 heterocycles. The number of rotatable bonds is 4. The van der Waals surface area contributed by atoms with Crippen LogP contribution >= 0.6 is 15.9 Å². The van der Waals surface area contributed by atoms with Crippen molar-refractivity contribution >= 4 is 26.0 Å². The van der Waals surface area contributed by atoms with Crippen LogP contribution in [0.5, 0.6) is 0 Å². The summed E-state index contributed by atoms with van der Waals surface area (Å²) in [5.41, 5.74) is 0. The van der Waals surface area contributed by atoms with Gasteiger partial charge in [0.2, 0.25) is 0 Å². The molecule has 6 nitrogen and oxygen atoms in total. The lowest BCUT2D eigenvalue weighted by Gasteiger charge is -2.17. The molecule has 1 aromatic heterocycles. The van der Waals surface area contributed by atoms with E-state index in [0.29, 0.717) is 6.61 Å². The predicted molar refractivity (Wildman–Crippen MR) is 72.0 cm³/mol. The van der Waals surface area contributed by atoms with Gasteiger partial charge in [-0.1, -0.05) is 0 Å². The van der Waals surface area contributed by atoms with Gasteiger partial charge < -0.3 is 9.47 Å². The molecule has 0 radical (unpaired) electrons. The van der Waals surface area contributed by atoms with E-state index in [0.717, 1.165) is 4.47 Å². The Morgan fingerprint density at radius 1 is 1.53 bits per heavy atom. The molecule has 1 saturated heterocycles. The van der Waals surface area contributed by atoms with Crippen molar-refractivity contribution in [1.82, 2.24) is 9.71 Å². The minimum absolute atomic E-state index is 0.0196. The van der Waals surface area contributed by atoms with Gasteiger partial charge in [0.15, 0.2) is 10.8 Å². The first-order valence-corrected chi connectivity index (χ1v) is 7.99. The molecule has 1 fully saturated rings. The van der Waals surface area contributed by atoms with Crippen molar-refractivity contribution in [2.45, 2.75) is 30.8 Å². The Hall–Kier alpha value is -0.540. The first-order chi connectivity index (χ1) is 8.78. The van der Waals surface area contributed by atoms with Gasteiger partial charge in [0.25, 0.3) is 10.0 Å². The molecule has 1 aliphatic heterocycles. The standard InChI is InChI=1S/C11H15BrN2O4S/c1-11(2)17-7-9(18-11)6-14-19(15,16)10-4-3-8(12)5-13-10/h3-5,9,14H,6-7H2,1-2H3. The van der Waals surface area contributed by atoms with Gasteiger partial charge in [-0.25, -0.2) is 18.1 Å². The van der Waals surface area contributed by atoms with Crippen molar-refractivity contribution in [2.75, 3.05) is 13.2 Å². The first kappa shape index (κ1) is 14.9. The van der Waals surface area contributed by atoms with Gasteiger partial charge >= 0.3 is 0 Å². The molecule has 0 aromatic carbocycles. The smallest absolute Gasteiger partial charge is 0.258 e. The van der Waals surface area contributed by atoms with Crippen LogP contribution in [0.15, 0.2) is 27.8 Å². The van der Waals surface area contributed by atoms with Gasteiger partial charge in [-0.05, 0) is 41.9 Å². The molecule has 8 heteroatoms. The van der Waals surface area contributed by atoms with Gasteiger partial charge in [-0.3, -0.25) is 0 Å². The molecule has 0 aliphatic carbocycles. The van der Waals surface area contributed by atoms with E-state index < -0.39 is 15.8 Å². The van der Waals surface area contributed by atoms with Crippen molar-refractivity contribution < 1.29 is 17.9 Å². The number of nitrogens with one attached hydrogen (secondary N) is 1. The normalized spacial score (nSPS) is 22.6. The lowest BCUT2D eigenvalue weighted by atomic mass is 10.4. The number of aromatic nitrogens is 1. The van der Waals surface area contributed by atoms with Crippen molar-refractivity contribution in [1.29, 1.82) is 0 Å². The van der Waals surface area contributed by atoms with Crippen LogP contribution in [0.4, 0.5) is 0 Å². The second-order valence-corrected chi connectivity index (χ2v) is 7.25. The van der Waals surface area contributed by atoms with Crippen LogP contribution in [-0.4, -0.2) is 38.4 Å². The van der Waals surface area contributed by atoms with Crippen LogP contribution in [0.25, 0.3) is 0 Å². The Bertz CT molecular complexity index is 544. The maximum Gasteiger partial charge on any atom is 0.258 e. The molecule has 0 saturated carbocycles. The summed E-state index contributed by atoms with van der Waals surface area (Å²) in [4.78, 5) is 3.85. The third kappa shape index (κ3) is 3.96. The fourth-order valence-corrected chi connectivity index (χ4v) is 2.89. The second-order valence-electron chi connectivity index (χ2n) is 4.62. The van der Waals surface area contributed by atoms with Gasteiger partial charge in [0.05, 0.1) is 12.7 Å². The zero-order valence-electron chi connectivity index (χ0n) is 10.6. The van der Waals surface area contributed by atoms with E-state index in [1.807, 2.05) is 0 Å². The number of pyridine rings is 1. The predicted octanol–water partition coefficient (Wildman–Crippen LogP) is 1.27. The number of nitrogens with zero attached hydrogens (tertiary/aromatic N) is 1. The average Bonchev–Trinajstić information content (AvgIpc) is 2.67. The van der Waals surface area contributed by atoms with E-state index in [4.69, 9.17) is 9.47 Å². The SMILES string of the molecule is CC1(C)OCC(CNS(=O)(=O)c2ccc(Br)cn2)O1. The summed E-state index contributed by atoms with van der Waals surface area (Å²) in [7, 11) is -3.62. The summed E-state index contributed by atoms with van der Waals surface area (Å²) >= 11 is 3.20. The van der Waals surface area contributed by atoms with Crippen molar-refractivity contribution in [3.8, 4) is 0 Å². The van der Waals surface area contributed by atoms with E-state index in [1.165, 1.54) is 12.3 Å². The highest BCUT2D eigenvalue weighted by Crippen LogP contribution is 2.22. The van der Waals surface area contributed by atoms with Gasteiger partial charge in [0, 0.05) is 17.2 Å². The monoisotopic (exact) mass is 350 g/mol. The fraction of sp³-hybridized carbons (Fsp3) is 0.545. The van der Waals surface area contributed by atoms with Crippen LogP contribution in [0, 0.1) is 0 Å². The molecule has 1 N–H and O–H groups in total. The molecular weight excluding hydrogens is 336 g/mol. The van der Waals surface area contributed by atoms with Crippen molar-refractivity contribution in [3.05, 3.63) is 22.8 Å². The number of sulfonamides is 1. The van der Waals surface area contributed by atoms with E-state index >= 15 is 0 Å². The third-order valence-corrected chi connectivity index (χ3v) is 4.35. The van der Waals surface area contributed by atoms with Crippen LogP contribution in [0.3, 0.4) is 0 Å². The average molecular weight is 351 g/mol. The highest BCUT2D eigenvalue weighted by atomic mass is 79.9. The third-order valence-electron chi connectivity index (χ3n) is 2.54. The second kappa shape index (κ2) is 5.45. The molecule has 1 atom stereocenters. The summed E-state index contributed by atoms with van der Waals surface area (Å²) in [6.45, 7) is 4.10. The maximum atomic E-state index is 12.0. The quantitative estimate of drug-likeness (QED) is 0.884. The largest absolute Gasteiger partial charge is 0.348 e. The maximum absolute atomic E-state index is 12.0. The first-order valence-electron chi connectivity index (χ1n) is 5.71. The summed E-state index contributed by atoms with van der Waals surface area (Å²) in [5.74, 6) is -0.661. The molecule has 0 bridgehead atoms. The van der Waals surface area contributed by atoms with E-state index in [1.54, 1.807) is 19.9 Å². The van der Waals surface area contributed by atoms with E-state index in [9.17, 15) is 8.42 Å². The zero-order valence-corrected chi connectivity index (χ0v) is 13.0. The number of ether oxygens (including phenoxy) is 2. The van der Waals surface area contributed by atoms with E-state index in [2.05, 4.69) is 25.6 Å². The highest BCUT2D eigenvalue weighted by molar-refractivity contribution is 9.10. The molecule has 1 unspecified atom stereocenters.